The summed E-state index contributed by atoms with van der Waals surface area (Å²) in [5, 5.41) is 11.9. The first kappa shape index (κ1) is 12.9. The maximum atomic E-state index is 11.7. The summed E-state index contributed by atoms with van der Waals surface area (Å²) >= 11 is 5.62. The standard InChI is InChI=1S/C10H14ClN3O2/c1-6(2)8(5-15)14-10(16)7-3-12-4-9(11)13-7/h3-4,6,8,15H,5H2,1-2H3,(H,14,16)/t8-/m1/s1. The molecular formula is C10H14ClN3O2. The van der Waals surface area contributed by atoms with Gasteiger partial charge in [0.15, 0.2) is 0 Å². The number of nitrogens with zero attached hydrogens (tertiary/aromatic N) is 2. The summed E-state index contributed by atoms with van der Waals surface area (Å²) in [5.74, 6) is -0.246. The van der Waals surface area contributed by atoms with Gasteiger partial charge in [0.05, 0.1) is 25.0 Å². The molecule has 0 aliphatic carbocycles. The molecular weight excluding hydrogens is 230 g/mol. The van der Waals surface area contributed by atoms with E-state index in [9.17, 15) is 4.79 Å². The zero-order valence-electron chi connectivity index (χ0n) is 9.14. The van der Waals surface area contributed by atoms with E-state index in [0.29, 0.717) is 0 Å². The predicted molar refractivity (Wildman–Crippen MR) is 60.2 cm³/mol. The molecule has 0 radical (unpaired) electrons. The average molecular weight is 244 g/mol. The number of halogens is 1. The molecule has 1 aromatic rings. The Bertz CT molecular complexity index is 371. The molecule has 0 spiro atoms. The molecule has 1 atom stereocenters. The van der Waals surface area contributed by atoms with Crippen LogP contribution in [0.25, 0.3) is 0 Å². The van der Waals surface area contributed by atoms with Crippen LogP contribution in [0.15, 0.2) is 12.4 Å². The molecule has 0 aliphatic rings. The summed E-state index contributed by atoms with van der Waals surface area (Å²) in [6.07, 6.45) is 2.68. The highest BCUT2D eigenvalue weighted by Gasteiger charge is 2.17. The summed E-state index contributed by atoms with van der Waals surface area (Å²) < 4.78 is 0. The van der Waals surface area contributed by atoms with E-state index >= 15 is 0 Å². The Kier molecular flexibility index (Phi) is 4.64. The van der Waals surface area contributed by atoms with Crippen molar-refractivity contribution in [2.75, 3.05) is 6.61 Å². The van der Waals surface area contributed by atoms with Gasteiger partial charge in [-0.2, -0.15) is 0 Å². The van der Waals surface area contributed by atoms with Crippen molar-refractivity contribution in [2.45, 2.75) is 19.9 Å². The van der Waals surface area contributed by atoms with Crippen molar-refractivity contribution in [3.05, 3.63) is 23.2 Å². The number of carbonyl (C=O) groups excluding carboxylic acids is 1. The second-order valence-corrected chi connectivity index (χ2v) is 4.12. The molecule has 1 amide bonds. The van der Waals surface area contributed by atoms with Gasteiger partial charge in [-0.3, -0.25) is 9.78 Å². The Balaban J connectivity index is 2.72. The lowest BCUT2D eigenvalue weighted by Gasteiger charge is -2.19. The third-order valence-electron chi connectivity index (χ3n) is 2.16. The van der Waals surface area contributed by atoms with Crippen molar-refractivity contribution in [3.63, 3.8) is 0 Å². The first-order valence-electron chi connectivity index (χ1n) is 4.94. The molecule has 6 heteroatoms. The van der Waals surface area contributed by atoms with E-state index in [-0.39, 0.29) is 35.3 Å². The van der Waals surface area contributed by atoms with Gasteiger partial charge in [0.1, 0.15) is 10.8 Å². The second kappa shape index (κ2) is 5.77. The molecule has 0 saturated carbocycles. The lowest BCUT2D eigenvalue weighted by Crippen LogP contribution is -2.41. The molecule has 88 valence electrons. The Morgan fingerprint density at radius 3 is 2.75 bits per heavy atom. The van der Waals surface area contributed by atoms with Crippen LogP contribution in [0.3, 0.4) is 0 Å². The van der Waals surface area contributed by atoms with Gasteiger partial charge in [-0.25, -0.2) is 4.98 Å². The van der Waals surface area contributed by atoms with Crippen molar-refractivity contribution in [3.8, 4) is 0 Å². The summed E-state index contributed by atoms with van der Waals surface area (Å²) in [4.78, 5) is 19.3. The van der Waals surface area contributed by atoms with E-state index in [4.69, 9.17) is 16.7 Å². The van der Waals surface area contributed by atoms with Crippen LogP contribution in [0, 0.1) is 5.92 Å². The first-order chi connectivity index (χ1) is 7.54. The fourth-order valence-electron chi connectivity index (χ4n) is 1.12. The minimum Gasteiger partial charge on any atom is -0.394 e. The highest BCUT2D eigenvalue weighted by Crippen LogP contribution is 2.05. The number of hydrogen-bond acceptors (Lipinski definition) is 4. The Morgan fingerprint density at radius 2 is 2.25 bits per heavy atom. The largest absolute Gasteiger partial charge is 0.394 e. The van der Waals surface area contributed by atoms with Crippen molar-refractivity contribution in [2.24, 2.45) is 5.92 Å². The molecule has 2 N–H and O–H groups in total. The molecule has 0 aromatic carbocycles. The summed E-state index contributed by atoms with van der Waals surface area (Å²) in [6.45, 7) is 3.70. The second-order valence-electron chi connectivity index (χ2n) is 3.73. The van der Waals surface area contributed by atoms with Crippen LogP contribution in [-0.4, -0.2) is 33.6 Å². The third kappa shape index (κ3) is 3.43. The van der Waals surface area contributed by atoms with Gasteiger partial charge < -0.3 is 10.4 Å². The Morgan fingerprint density at radius 1 is 1.56 bits per heavy atom. The number of hydrogen-bond donors (Lipinski definition) is 2. The monoisotopic (exact) mass is 243 g/mol. The molecule has 0 unspecified atom stereocenters. The van der Waals surface area contributed by atoms with E-state index in [2.05, 4.69) is 15.3 Å². The summed E-state index contributed by atoms with van der Waals surface area (Å²) in [5.41, 5.74) is 0.145. The number of amides is 1. The highest BCUT2D eigenvalue weighted by atomic mass is 35.5. The maximum absolute atomic E-state index is 11.7. The van der Waals surface area contributed by atoms with Crippen LogP contribution in [0.5, 0.6) is 0 Å². The van der Waals surface area contributed by atoms with Crippen LogP contribution in [-0.2, 0) is 0 Å². The van der Waals surface area contributed by atoms with Gasteiger partial charge in [-0.05, 0) is 5.92 Å². The topological polar surface area (TPSA) is 75.1 Å². The lowest BCUT2D eigenvalue weighted by molar-refractivity contribution is 0.0891. The number of rotatable bonds is 4. The van der Waals surface area contributed by atoms with Gasteiger partial charge >= 0.3 is 0 Å². The zero-order chi connectivity index (χ0) is 12.1. The van der Waals surface area contributed by atoms with E-state index in [1.54, 1.807) is 0 Å². The Hall–Kier alpha value is -1.20. The van der Waals surface area contributed by atoms with Crippen LogP contribution in [0.4, 0.5) is 0 Å². The van der Waals surface area contributed by atoms with Crippen LogP contribution >= 0.6 is 11.6 Å². The van der Waals surface area contributed by atoms with Gasteiger partial charge in [-0.1, -0.05) is 25.4 Å². The normalized spacial score (nSPS) is 12.6. The highest BCUT2D eigenvalue weighted by molar-refractivity contribution is 6.29. The SMILES string of the molecule is CC(C)[C@@H](CO)NC(=O)c1cncc(Cl)n1. The maximum Gasteiger partial charge on any atom is 0.271 e. The molecule has 0 aliphatic heterocycles. The van der Waals surface area contributed by atoms with Crippen molar-refractivity contribution in [1.82, 2.24) is 15.3 Å². The number of carbonyl (C=O) groups is 1. The molecule has 0 bridgehead atoms. The smallest absolute Gasteiger partial charge is 0.271 e. The van der Waals surface area contributed by atoms with Gasteiger partial charge in [0, 0.05) is 0 Å². The molecule has 16 heavy (non-hydrogen) atoms. The fraction of sp³-hybridized carbons (Fsp3) is 0.500. The number of nitrogens with one attached hydrogen (secondary N) is 1. The van der Waals surface area contributed by atoms with Crippen LogP contribution < -0.4 is 5.32 Å². The van der Waals surface area contributed by atoms with Gasteiger partial charge in [0.2, 0.25) is 0 Å². The first-order valence-corrected chi connectivity index (χ1v) is 5.31. The minimum absolute atomic E-state index is 0.114. The molecule has 0 saturated heterocycles. The van der Waals surface area contributed by atoms with E-state index < -0.39 is 0 Å². The summed E-state index contributed by atoms with van der Waals surface area (Å²) in [7, 11) is 0. The molecule has 1 rings (SSSR count). The lowest BCUT2D eigenvalue weighted by atomic mass is 10.1. The van der Waals surface area contributed by atoms with Crippen molar-refractivity contribution >= 4 is 17.5 Å². The quantitative estimate of drug-likeness (QED) is 0.823. The van der Waals surface area contributed by atoms with Crippen LogP contribution in [0.1, 0.15) is 24.3 Å². The number of aromatic nitrogens is 2. The zero-order valence-corrected chi connectivity index (χ0v) is 9.90. The summed E-state index contributed by atoms with van der Waals surface area (Å²) in [6, 6.07) is -0.298. The average Bonchev–Trinajstić information content (AvgIpc) is 2.25. The number of aliphatic hydroxyl groups excluding tert-OH is 1. The molecule has 1 heterocycles. The van der Waals surface area contributed by atoms with Gasteiger partial charge in [0.25, 0.3) is 5.91 Å². The van der Waals surface area contributed by atoms with E-state index in [1.807, 2.05) is 13.8 Å². The van der Waals surface area contributed by atoms with E-state index in [0.717, 1.165) is 0 Å². The van der Waals surface area contributed by atoms with Crippen molar-refractivity contribution < 1.29 is 9.90 Å². The third-order valence-corrected chi connectivity index (χ3v) is 2.34. The Labute approximate surface area is 98.9 Å². The molecule has 0 fully saturated rings. The number of aliphatic hydroxyl groups is 1. The predicted octanol–water partition coefficient (Wildman–Crippen LogP) is 0.877. The van der Waals surface area contributed by atoms with Crippen molar-refractivity contribution in [1.29, 1.82) is 0 Å². The van der Waals surface area contributed by atoms with E-state index in [1.165, 1.54) is 12.4 Å². The molecule has 1 aromatic heterocycles. The fourth-order valence-corrected chi connectivity index (χ4v) is 1.26. The minimum atomic E-state index is -0.386. The van der Waals surface area contributed by atoms with Crippen LogP contribution in [0.2, 0.25) is 5.15 Å². The molecule has 5 nitrogen and oxygen atoms in total. The van der Waals surface area contributed by atoms with Gasteiger partial charge in [-0.15, -0.1) is 0 Å².